The van der Waals surface area contributed by atoms with E-state index in [-0.39, 0.29) is 0 Å². The summed E-state index contributed by atoms with van der Waals surface area (Å²) in [5.41, 5.74) is 2.55. The van der Waals surface area contributed by atoms with Crippen LogP contribution in [0.3, 0.4) is 0 Å². The van der Waals surface area contributed by atoms with Crippen molar-refractivity contribution in [2.24, 2.45) is 4.99 Å². The molecular formula is C4H4N4+. The first-order chi connectivity index (χ1) is 3.93. The van der Waals surface area contributed by atoms with Crippen LogP contribution in [-0.4, -0.2) is 12.2 Å². The Bertz CT molecular complexity index is 173. The van der Waals surface area contributed by atoms with E-state index < -0.39 is 0 Å². The number of hydrogen-bond acceptors (Lipinski definition) is 4. The highest BCUT2D eigenvalue weighted by atomic mass is 15.4. The van der Waals surface area contributed by atoms with E-state index in [1.807, 2.05) is 6.07 Å². The van der Waals surface area contributed by atoms with E-state index in [1.54, 1.807) is 0 Å². The van der Waals surface area contributed by atoms with Crippen molar-refractivity contribution < 1.29 is 0 Å². The molecule has 1 heterocycles. The van der Waals surface area contributed by atoms with Crippen molar-refractivity contribution in [3.8, 4) is 6.07 Å². The van der Waals surface area contributed by atoms with Crippen LogP contribution in [0.5, 0.6) is 0 Å². The smallest absolute Gasteiger partial charge is 0.198 e. The highest BCUT2D eigenvalue weighted by Gasteiger charge is 2.09. The van der Waals surface area contributed by atoms with E-state index >= 15 is 0 Å². The molecule has 1 N–H and O–H groups in total. The maximum Gasteiger partial charge on any atom is 0.354 e. The third kappa shape index (κ3) is 0.819. The molecular weight excluding hydrogens is 104 g/mol. The van der Waals surface area contributed by atoms with Gasteiger partial charge < -0.3 is 0 Å². The second-order valence-electron chi connectivity index (χ2n) is 1.27. The van der Waals surface area contributed by atoms with Crippen LogP contribution in [0.25, 0.3) is 0 Å². The Kier molecular flexibility index (Phi) is 1.24. The van der Waals surface area contributed by atoms with Crippen molar-refractivity contribution in [1.29, 1.82) is 5.26 Å². The van der Waals surface area contributed by atoms with Crippen molar-refractivity contribution in [3.63, 3.8) is 0 Å². The van der Waals surface area contributed by atoms with Gasteiger partial charge in [-0.25, -0.2) is 0 Å². The van der Waals surface area contributed by atoms with Crippen LogP contribution in [0, 0.1) is 11.3 Å². The van der Waals surface area contributed by atoms with Gasteiger partial charge >= 0.3 is 6.34 Å². The fourth-order valence-electron chi connectivity index (χ4n) is 0.391. The zero-order valence-electron chi connectivity index (χ0n) is 4.13. The summed E-state index contributed by atoms with van der Waals surface area (Å²) in [6, 6.07) is 1.94. The molecule has 0 aliphatic carbocycles. The summed E-state index contributed by atoms with van der Waals surface area (Å²) in [5.74, 6) is 0.618. The lowest BCUT2D eigenvalue weighted by Gasteiger charge is -1.76. The zero-order valence-corrected chi connectivity index (χ0v) is 4.13. The first-order valence-electron chi connectivity index (χ1n) is 2.14. The molecule has 0 fully saturated rings. The molecule has 0 unspecified atom stereocenters. The van der Waals surface area contributed by atoms with Crippen molar-refractivity contribution in [3.05, 3.63) is 0 Å². The fraction of sp³-hybridized carbons (Fsp3) is 0.250. The molecule has 0 aromatic rings. The molecule has 39 valence electrons. The van der Waals surface area contributed by atoms with E-state index in [2.05, 4.69) is 15.5 Å². The number of hydrogen-bond donors (Lipinski definition) is 1. The molecule has 4 nitrogen and oxygen atoms in total. The van der Waals surface area contributed by atoms with Crippen LogP contribution in [0.2, 0.25) is 0 Å². The number of nitriles is 1. The zero-order chi connectivity index (χ0) is 5.82. The summed E-state index contributed by atoms with van der Waals surface area (Å²) in [5, 5.41) is 11.7. The lowest BCUT2D eigenvalue weighted by atomic mass is 10.4. The molecule has 0 amide bonds. The van der Waals surface area contributed by atoms with Gasteiger partial charge in [0.2, 0.25) is 0 Å². The predicted octanol–water partition coefficient (Wildman–Crippen LogP) is -0.819. The molecule has 0 bridgehead atoms. The molecule has 0 aromatic carbocycles. The normalized spacial score (nSPS) is 14.6. The third-order valence-electron chi connectivity index (χ3n) is 0.711. The van der Waals surface area contributed by atoms with Gasteiger partial charge in [0, 0.05) is 0 Å². The van der Waals surface area contributed by atoms with E-state index in [0.29, 0.717) is 12.3 Å². The van der Waals surface area contributed by atoms with Gasteiger partial charge in [-0.05, 0) is 4.99 Å². The largest absolute Gasteiger partial charge is 0.354 e. The van der Waals surface area contributed by atoms with E-state index in [9.17, 15) is 0 Å². The van der Waals surface area contributed by atoms with Gasteiger partial charge in [-0.3, -0.25) is 0 Å². The number of rotatable bonds is 1. The monoisotopic (exact) mass is 108 g/mol. The molecule has 0 saturated carbocycles. The summed E-state index contributed by atoms with van der Waals surface area (Å²) in [7, 11) is 0. The average molecular weight is 108 g/mol. The van der Waals surface area contributed by atoms with Crippen LogP contribution in [0.1, 0.15) is 6.42 Å². The third-order valence-corrected chi connectivity index (χ3v) is 0.711. The van der Waals surface area contributed by atoms with Crippen LogP contribution < -0.4 is 10.5 Å². The van der Waals surface area contributed by atoms with Gasteiger partial charge in [0.05, 0.1) is 11.2 Å². The molecule has 1 aliphatic rings. The van der Waals surface area contributed by atoms with Crippen molar-refractivity contribution in [2.75, 3.05) is 0 Å². The summed E-state index contributed by atoms with van der Waals surface area (Å²) < 4.78 is 0. The summed E-state index contributed by atoms with van der Waals surface area (Å²) in [6.07, 6.45) is 1.69. The maximum atomic E-state index is 8.10. The summed E-state index contributed by atoms with van der Waals surface area (Å²) in [4.78, 5) is 3.72. The van der Waals surface area contributed by atoms with Gasteiger partial charge in [-0.15, -0.1) is 5.43 Å². The summed E-state index contributed by atoms with van der Waals surface area (Å²) >= 11 is 0. The lowest BCUT2D eigenvalue weighted by molar-refractivity contribution is 0.933. The number of aliphatic imine (C=N–C) groups is 1. The number of amidine groups is 1. The number of nitrogens with one attached hydrogen (secondary N) is 1. The molecule has 0 aromatic heterocycles. The maximum absolute atomic E-state index is 8.10. The Morgan fingerprint density at radius 1 is 2.00 bits per heavy atom. The number of nitrogens with zero attached hydrogens (tertiary/aromatic N) is 3. The Labute approximate surface area is 46.5 Å². The summed E-state index contributed by atoms with van der Waals surface area (Å²) in [6.45, 7) is 0. The fourth-order valence-corrected chi connectivity index (χ4v) is 0.391. The Hall–Kier alpha value is -1.37. The Morgan fingerprint density at radius 2 is 2.88 bits per heavy atom. The highest BCUT2D eigenvalue weighted by molar-refractivity contribution is 5.92. The predicted molar refractivity (Wildman–Crippen MR) is 29.0 cm³/mol. The van der Waals surface area contributed by atoms with Crippen LogP contribution in [0.4, 0.5) is 0 Å². The van der Waals surface area contributed by atoms with Crippen molar-refractivity contribution in [1.82, 2.24) is 10.5 Å². The van der Waals surface area contributed by atoms with Gasteiger partial charge in [-0.2, -0.15) is 5.26 Å². The Morgan fingerprint density at radius 3 is 3.38 bits per heavy atom. The second kappa shape index (κ2) is 2.07. The van der Waals surface area contributed by atoms with E-state index in [1.165, 1.54) is 6.34 Å². The minimum Gasteiger partial charge on any atom is -0.198 e. The molecule has 4 heteroatoms. The minimum atomic E-state index is 0.306. The SMILES string of the molecule is N#CCC1=NC=[N+]N1. The van der Waals surface area contributed by atoms with Gasteiger partial charge in [0.1, 0.15) is 6.42 Å². The van der Waals surface area contributed by atoms with Gasteiger partial charge in [0.15, 0.2) is 0 Å². The number of hydrazone groups is 1. The Balaban J connectivity index is 2.42. The molecule has 0 spiro atoms. The van der Waals surface area contributed by atoms with Gasteiger partial charge in [0.25, 0.3) is 5.84 Å². The lowest BCUT2D eigenvalue weighted by Crippen LogP contribution is -2.18. The quantitative estimate of drug-likeness (QED) is 0.477. The molecule has 0 saturated heterocycles. The van der Waals surface area contributed by atoms with E-state index in [0.717, 1.165) is 0 Å². The van der Waals surface area contributed by atoms with Crippen LogP contribution in [0.15, 0.2) is 4.99 Å². The second-order valence-corrected chi connectivity index (χ2v) is 1.27. The van der Waals surface area contributed by atoms with Crippen LogP contribution >= 0.6 is 0 Å². The first-order valence-corrected chi connectivity index (χ1v) is 2.14. The minimum absolute atomic E-state index is 0.306. The van der Waals surface area contributed by atoms with E-state index in [4.69, 9.17) is 5.26 Å². The standard InChI is InChI=1S/C4H4N4/c5-2-1-4-6-3-7-8-4/h3H,1H2,(H,6,8)/q+1. The molecule has 1 radical (unpaired) electrons. The molecule has 1 rings (SSSR count). The molecule has 1 aliphatic heterocycles. The van der Waals surface area contributed by atoms with Crippen molar-refractivity contribution in [2.45, 2.75) is 6.42 Å². The van der Waals surface area contributed by atoms with Crippen molar-refractivity contribution >= 4 is 12.2 Å². The topological polar surface area (TPSA) is 62.3 Å². The first kappa shape index (κ1) is 4.78. The molecule has 8 heavy (non-hydrogen) atoms. The van der Waals surface area contributed by atoms with Gasteiger partial charge in [-0.1, -0.05) is 0 Å². The average Bonchev–Trinajstić information content (AvgIpc) is 2.19. The molecule has 0 atom stereocenters. The van der Waals surface area contributed by atoms with Crippen LogP contribution in [-0.2, 0) is 0 Å². The highest BCUT2D eigenvalue weighted by Crippen LogP contribution is 1.80.